The first-order chi connectivity index (χ1) is 15.4. The van der Waals surface area contributed by atoms with Crippen molar-refractivity contribution in [3.63, 3.8) is 0 Å². The molecule has 0 saturated heterocycles. The van der Waals surface area contributed by atoms with E-state index >= 15 is 0 Å². The van der Waals surface area contributed by atoms with E-state index in [1.54, 1.807) is 36.4 Å². The van der Waals surface area contributed by atoms with E-state index < -0.39 is 10.0 Å². The van der Waals surface area contributed by atoms with Crippen LogP contribution in [-0.4, -0.2) is 27.7 Å². The molecule has 0 spiro atoms. The van der Waals surface area contributed by atoms with Gasteiger partial charge in [0.15, 0.2) is 11.5 Å². The van der Waals surface area contributed by atoms with Crippen LogP contribution in [0.1, 0.15) is 21.5 Å². The Kier molecular flexibility index (Phi) is 6.38. The van der Waals surface area contributed by atoms with Gasteiger partial charge in [-0.1, -0.05) is 24.3 Å². The molecule has 0 saturated carbocycles. The summed E-state index contributed by atoms with van der Waals surface area (Å²) in [4.78, 5) is 12.4. The molecule has 9 heteroatoms. The number of ether oxygens (including phenoxy) is 2. The third-order valence-electron chi connectivity index (χ3n) is 4.92. The van der Waals surface area contributed by atoms with Gasteiger partial charge in [-0.3, -0.25) is 4.79 Å². The standard InChI is InChI=1S/C23H21FN2O5S/c24-19-7-4-16(5-8-19)10-11-25-23(27)18-2-1-3-20(13-18)32(28,29)26-14-17-6-9-21-22(12-17)31-15-30-21/h1-9,12-13,26H,10-11,14-15H2,(H,25,27). The van der Waals surface area contributed by atoms with Crippen molar-refractivity contribution in [3.05, 3.63) is 89.2 Å². The predicted octanol–water partition coefficient (Wildman–Crippen LogP) is 3.01. The van der Waals surface area contributed by atoms with Crippen molar-refractivity contribution in [2.75, 3.05) is 13.3 Å². The van der Waals surface area contributed by atoms with E-state index in [1.807, 2.05) is 0 Å². The van der Waals surface area contributed by atoms with Crippen molar-refractivity contribution in [2.45, 2.75) is 17.9 Å². The average Bonchev–Trinajstić information content (AvgIpc) is 3.27. The predicted molar refractivity (Wildman–Crippen MR) is 115 cm³/mol. The molecule has 0 unspecified atom stereocenters. The molecule has 0 atom stereocenters. The molecule has 2 N–H and O–H groups in total. The van der Waals surface area contributed by atoms with Gasteiger partial charge in [0.1, 0.15) is 5.82 Å². The van der Waals surface area contributed by atoms with E-state index in [4.69, 9.17) is 9.47 Å². The topological polar surface area (TPSA) is 93.7 Å². The van der Waals surface area contributed by atoms with Crippen LogP contribution >= 0.6 is 0 Å². The van der Waals surface area contributed by atoms with Crippen molar-refractivity contribution in [3.8, 4) is 11.5 Å². The Morgan fingerprint density at radius 1 is 0.938 bits per heavy atom. The summed E-state index contributed by atoms with van der Waals surface area (Å²) >= 11 is 0. The molecule has 3 aromatic carbocycles. The van der Waals surface area contributed by atoms with Crippen LogP contribution in [0.25, 0.3) is 0 Å². The molecule has 7 nitrogen and oxygen atoms in total. The average molecular weight is 456 g/mol. The fourth-order valence-corrected chi connectivity index (χ4v) is 4.25. The van der Waals surface area contributed by atoms with E-state index in [-0.39, 0.29) is 35.5 Å². The van der Waals surface area contributed by atoms with Crippen LogP contribution in [0, 0.1) is 5.82 Å². The zero-order valence-corrected chi connectivity index (χ0v) is 17.8. The largest absolute Gasteiger partial charge is 0.454 e. The molecular weight excluding hydrogens is 435 g/mol. The van der Waals surface area contributed by atoms with Crippen LogP contribution in [0.3, 0.4) is 0 Å². The number of hydrogen-bond acceptors (Lipinski definition) is 5. The summed E-state index contributed by atoms with van der Waals surface area (Å²) in [7, 11) is -3.83. The van der Waals surface area contributed by atoms with Crippen LogP contribution in [0.4, 0.5) is 4.39 Å². The van der Waals surface area contributed by atoms with Crippen molar-refractivity contribution < 1.29 is 27.1 Å². The molecule has 0 aliphatic carbocycles. The highest BCUT2D eigenvalue weighted by Gasteiger charge is 2.18. The summed E-state index contributed by atoms with van der Waals surface area (Å²) in [6.45, 7) is 0.542. The Balaban J connectivity index is 1.36. The van der Waals surface area contributed by atoms with Gasteiger partial charge in [0, 0.05) is 18.7 Å². The molecule has 4 rings (SSSR count). The normalized spacial score (nSPS) is 12.5. The SMILES string of the molecule is O=C(NCCc1ccc(F)cc1)c1cccc(S(=O)(=O)NCc2ccc3c(c2)OCO3)c1. The van der Waals surface area contributed by atoms with Crippen LogP contribution in [-0.2, 0) is 23.0 Å². The number of rotatable bonds is 8. The van der Waals surface area contributed by atoms with Crippen molar-refractivity contribution in [1.29, 1.82) is 0 Å². The minimum atomic E-state index is -3.83. The summed E-state index contributed by atoms with van der Waals surface area (Å²) in [5, 5.41) is 2.75. The molecule has 32 heavy (non-hydrogen) atoms. The summed E-state index contributed by atoms with van der Waals surface area (Å²) in [5.74, 6) is 0.485. The molecule has 0 aromatic heterocycles. The third kappa shape index (κ3) is 5.24. The second-order valence-corrected chi connectivity index (χ2v) is 8.94. The van der Waals surface area contributed by atoms with E-state index in [1.165, 1.54) is 30.3 Å². The lowest BCUT2D eigenvalue weighted by Gasteiger charge is -2.10. The number of benzene rings is 3. The number of amides is 1. The smallest absolute Gasteiger partial charge is 0.251 e. The Morgan fingerprint density at radius 2 is 1.69 bits per heavy atom. The zero-order valence-electron chi connectivity index (χ0n) is 17.0. The van der Waals surface area contributed by atoms with Crippen molar-refractivity contribution in [1.82, 2.24) is 10.0 Å². The van der Waals surface area contributed by atoms with Crippen molar-refractivity contribution in [2.24, 2.45) is 0 Å². The summed E-state index contributed by atoms with van der Waals surface area (Å²) < 4.78 is 51.5. The number of nitrogens with one attached hydrogen (secondary N) is 2. The Labute approximate surface area is 185 Å². The second-order valence-electron chi connectivity index (χ2n) is 7.17. The molecular formula is C23H21FN2O5S. The maximum atomic E-state index is 13.0. The van der Waals surface area contributed by atoms with E-state index in [0.717, 1.165) is 5.56 Å². The lowest BCUT2D eigenvalue weighted by Crippen LogP contribution is -2.27. The molecule has 1 amide bonds. The fourth-order valence-electron chi connectivity index (χ4n) is 3.19. The van der Waals surface area contributed by atoms with Gasteiger partial charge in [0.05, 0.1) is 4.90 Å². The maximum Gasteiger partial charge on any atom is 0.251 e. The Hall–Kier alpha value is -3.43. The minimum Gasteiger partial charge on any atom is -0.454 e. The molecule has 1 heterocycles. The van der Waals surface area contributed by atoms with Gasteiger partial charge in [-0.05, 0) is 60.0 Å². The minimum absolute atomic E-state index is 0.00979. The highest BCUT2D eigenvalue weighted by molar-refractivity contribution is 7.89. The molecule has 1 aliphatic heterocycles. The summed E-state index contributed by atoms with van der Waals surface area (Å²) in [6.07, 6.45) is 0.529. The molecule has 0 bridgehead atoms. The Morgan fingerprint density at radius 3 is 2.50 bits per heavy atom. The van der Waals surface area contributed by atoms with Crippen LogP contribution < -0.4 is 19.5 Å². The van der Waals surface area contributed by atoms with Crippen LogP contribution in [0.2, 0.25) is 0 Å². The zero-order chi connectivity index (χ0) is 22.6. The molecule has 166 valence electrons. The van der Waals surface area contributed by atoms with Gasteiger partial charge in [0.25, 0.3) is 5.91 Å². The highest BCUT2D eigenvalue weighted by Crippen LogP contribution is 2.32. The first-order valence-corrected chi connectivity index (χ1v) is 11.4. The van der Waals surface area contributed by atoms with Gasteiger partial charge in [0.2, 0.25) is 16.8 Å². The van der Waals surface area contributed by atoms with Crippen LogP contribution in [0.15, 0.2) is 71.6 Å². The van der Waals surface area contributed by atoms with E-state index in [2.05, 4.69) is 10.0 Å². The lowest BCUT2D eigenvalue weighted by molar-refractivity contribution is 0.0954. The highest BCUT2D eigenvalue weighted by atomic mass is 32.2. The second kappa shape index (κ2) is 9.37. The summed E-state index contributed by atoms with van der Waals surface area (Å²) in [6, 6.07) is 17.0. The third-order valence-corrected chi connectivity index (χ3v) is 6.32. The lowest BCUT2D eigenvalue weighted by atomic mass is 10.1. The number of carbonyl (C=O) groups excluding carboxylic acids is 1. The first-order valence-electron chi connectivity index (χ1n) is 9.92. The van der Waals surface area contributed by atoms with Gasteiger partial charge >= 0.3 is 0 Å². The van der Waals surface area contributed by atoms with E-state index in [0.29, 0.717) is 30.0 Å². The molecule has 3 aromatic rings. The molecule has 0 fully saturated rings. The number of hydrogen-bond donors (Lipinski definition) is 2. The van der Waals surface area contributed by atoms with Gasteiger partial charge in [-0.2, -0.15) is 0 Å². The van der Waals surface area contributed by atoms with Gasteiger partial charge < -0.3 is 14.8 Å². The summed E-state index contributed by atoms with van der Waals surface area (Å²) in [5.41, 5.74) is 1.83. The maximum absolute atomic E-state index is 13.0. The van der Waals surface area contributed by atoms with Crippen LogP contribution in [0.5, 0.6) is 11.5 Å². The van der Waals surface area contributed by atoms with Gasteiger partial charge in [-0.25, -0.2) is 17.5 Å². The number of fused-ring (bicyclic) bond motifs is 1. The quantitative estimate of drug-likeness (QED) is 0.544. The fraction of sp³-hybridized carbons (Fsp3) is 0.174. The number of carbonyl (C=O) groups is 1. The van der Waals surface area contributed by atoms with E-state index in [9.17, 15) is 17.6 Å². The number of sulfonamides is 1. The van der Waals surface area contributed by atoms with Gasteiger partial charge in [-0.15, -0.1) is 0 Å². The number of halogens is 1. The molecule has 0 radical (unpaired) electrons. The first kappa shape index (κ1) is 21.8. The molecule has 1 aliphatic rings. The monoisotopic (exact) mass is 456 g/mol. The van der Waals surface area contributed by atoms with Crippen molar-refractivity contribution >= 4 is 15.9 Å². The Bertz CT molecular complexity index is 1230.